The van der Waals surface area contributed by atoms with Crippen LogP contribution in [0, 0.1) is 5.92 Å². The van der Waals surface area contributed by atoms with Gasteiger partial charge in [0.05, 0.1) is 0 Å². The molecule has 0 atom stereocenters. The predicted molar refractivity (Wildman–Crippen MR) is 66.5 cm³/mol. The highest BCUT2D eigenvalue weighted by molar-refractivity contribution is 6.08. The van der Waals surface area contributed by atoms with E-state index in [9.17, 15) is 4.79 Å². The van der Waals surface area contributed by atoms with Gasteiger partial charge in [-0.15, -0.1) is 0 Å². The van der Waals surface area contributed by atoms with E-state index in [0.29, 0.717) is 5.92 Å². The number of benzene rings is 1. The summed E-state index contributed by atoms with van der Waals surface area (Å²) >= 11 is 0. The van der Waals surface area contributed by atoms with Gasteiger partial charge in [-0.25, -0.2) is 0 Å². The molecule has 0 radical (unpaired) electrons. The molecule has 0 aromatic heterocycles. The molecular formula is C15H18O. The standard InChI is InChI=1S/C15H18O/c1-2-6-14(11-12-9-10-12)15(16)13-7-4-3-5-8-13/h3-5,7-8,11-12H,2,6,9-10H2,1H3/b14-11+. The van der Waals surface area contributed by atoms with Crippen LogP contribution in [0.15, 0.2) is 42.0 Å². The lowest BCUT2D eigenvalue weighted by Gasteiger charge is -2.05. The van der Waals surface area contributed by atoms with Crippen molar-refractivity contribution in [2.24, 2.45) is 5.92 Å². The summed E-state index contributed by atoms with van der Waals surface area (Å²) in [4.78, 5) is 12.2. The average Bonchev–Trinajstić information content (AvgIpc) is 3.13. The van der Waals surface area contributed by atoms with Gasteiger partial charge in [-0.05, 0) is 30.8 Å². The van der Waals surface area contributed by atoms with Crippen LogP contribution in [-0.2, 0) is 0 Å². The highest BCUT2D eigenvalue weighted by atomic mass is 16.1. The van der Waals surface area contributed by atoms with Crippen molar-refractivity contribution in [1.82, 2.24) is 0 Å². The van der Waals surface area contributed by atoms with Crippen LogP contribution in [0.3, 0.4) is 0 Å². The first-order chi connectivity index (χ1) is 7.81. The molecule has 1 nitrogen and oxygen atoms in total. The number of hydrogen-bond donors (Lipinski definition) is 0. The molecule has 0 N–H and O–H groups in total. The molecule has 0 heterocycles. The smallest absolute Gasteiger partial charge is 0.188 e. The number of allylic oxidation sites excluding steroid dienone is 2. The van der Waals surface area contributed by atoms with Gasteiger partial charge >= 0.3 is 0 Å². The molecule has 1 saturated carbocycles. The zero-order valence-electron chi connectivity index (χ0n) is 9.78. The highest BCUT2D eigenvalue weighted by Crippen LogP contribution is 2.32. The molecule has 1 fully saturated rings. The Balaban J connectivity index is 2.16. The number of carbonyl (C=O) groups excluding carboxylic acids is 1. The summed E-state index contributed by atoms with van der Waals surface area (Å²) in [6, 6.07) is 9.60. The van der Waals surface area contributed by atoms with Crippen molar-refractivity contribution in [1.29, 1.82) is 0 Å². The van der Waals surface area contributed by atoms with Gasteiger partial charge in [-0.1, -0.05) is 49.8 Å². The minimum atomic E-state index is 0.217. The molecule has 84 valence electrons. The molecule has 1 aromatic rings. The van der Waals surface area contributed by atoms with Crippen molar-refractivity contribution in [3.63, 3.8) is 0 Å². The molecule has 0 spiro atoms. The normalized spacial score (nSPS) is 16.2. The van der Waals surface area contributed by atoms with E-state index in [1.807, 2.05) is 30.3 Å². The minimum absolute atomic E-state index is 0.217. The Morgan fingerprint density at radius 1 is 1.31 bits per heavy atom. The lowest BCUT2D eigenvalue weighted by atomic mass is 9.98. The number of ketones is 1. The van der Waals surface area contributed by atoms with Crippen LogP contribution in [0.4, 0.5) is 0 Å². The van der Waals surface area contributed by atoms with Crippen LogP contribution in [0.25, 0.3) is 0 Å². The van der Waals surface area contributed by atoms with Gasteiger partial charge in [0.1, 0.15) is 0 Å². The van der Waals surface area contributed by atoms with Crippen molar-refractivity contribution >= 4 is 5.78 Å². The first-order valence-electron chi connectivity index (χ1n) is 6.11. The molecule has 0 unspecified atom stereocenters. The molecule has 0 aliphatic heterocycles. The largest absolute Gasteiger partial charge is 0.289 e. The molecule has 1 heteroatoms. The highest BCUT2D eigenvalue weighted by Gasteiger charge is 2.21. The Morgan fingerprint density at radius 2 is 2.00 bits per heavy atom. The fourth-order valence-corrected chi connectivity index (χ4v) is 1.86. The Morgan fingerprint density at radius 3 is 2.56 bits per heavy atom. The van der Waals surface area contributed by atoms with Crippen molar-refractivity contribution in [2.75, 3.05) is 0 Å². The Kier molecular flexibility index (Phi) is 3.55. The van der Waals surface area contributed by atoms with E-state index >= 15 is 0 Å². The van der Waals surface area contributed by atoms with Gasteiger partial charge in [-0.3, -0.25) is 4.79 Å². The second kappa shape index (κ2) is 5.11. The quantitative estimate of drug-likeness (QED) is 0.534. The van der Waals surface area contributed by atoms with Crippen LogP contribution in [0.2, 0.25) is 0 Å². The summed E-state index contributed by atoms with van der Waals surface area (Å²) in [6.45, 7) is 2.12. The minimum Gasteiger partial charge on any atom is -0.289 e. The summed E-state index contributed by atoms with van der Waals surface area (Å²) in [6.07, 6.45) is 6.66. The molecule has 0 saturated heterocycles. The van der Waals surface area contributed by atoms with E-state index in [0.717, 1.165) is 24.0 Å². The lowest BCUT2D eigenvalue weighted by molar-refractivity contribution is 0.103. The second-order valence-corrected chi connectivity index (χ2v) is 4.47. The van der Waals surface area contributed by atoms with Gasteiger partial charge in [0.15, 0.2) is 5.78 Å². The second-order valence-electron chi connectivity index (χ2n) is 4.47. The Hall–Kier alpha value is -1.37. The average molecular weight is 214 g/mol. The van der Waals surface area contributed by atoms with E-state index in [1.165, 1.54) is 12.8 Å². The van der Waals surface area contributed by atoms with Crippen LogP contribution >= 0.6 is 0 Å². The third kappa shape index (κ3) is 2.82. The zero-order valence-corrected chi connectivity index (χ0v) is 9.78. The molecule has 2 rings (SSSR count). The van der Waals surface area contributed by atoms with Crippen molar-refractivity contribution in [3.8, 4) is 0 Å². The van der Waals surface area contributed by atoms with Crippen LogP contribution in [-0.4, -0.2) is 5.78 Å². The molecule has 1 aliphatic carbocycles. The Bertz CT molecular complexity index is 385. The third-order valence-electron chi connectivity index (χ3n) is 2.91. The summed E-state index contributed by atoms with van der Waals surface area (Å²) in [5, 5.41) is 0. The Labute approximate surface area is 97.2 Å². The molecule has 16 heavy (non-hydrogen) atoms. The topological polar surface area (TPSA) is 17.1 Å². The van der Waals surface area contributed by atoms with E-state index in [4.69, 9.17) is 0 Å². The first-order valence-corrected chi connectivity index (χ1v) is 6.11. The molecule has 0 bridgehead atoms. The van der Waals surface area contributed by atoms with E-state index < -0.39 is 0 Å². The van der Waals surface area contributed by atoms with Gasteiger partial charge in [0.25, 0.3) is 0 Å². The molecular weight excluding hydrogens is 196 g/mol. The maximum atomic E-state index is 12.2. The number of Topliss-reactive ketones (excluding diaryl/α,β-unsaturated/α-hetero) is 1. The monoisotopic (exact) mass is 214 g/mol. The van der Waals surface area contributed by atoms with Gasteiger partial charge < -0.3 is 0 Å². The predicted octanol–water partition coefficient (Wildman–Crippen LogP) is 4.01. The van der Waals surface area contributed by atoms with Gasteiger partial charge in [0, 0.05) is 5.56 Å². The van der Waals surface area contributed by atoms with E-state index in [-0.39, 0.29) is 5.78 Å². The summed E-state index contributed by atoms with van der Waals surface area (Å²) in [5.74, 6) is 0.892. The van der Waals surface area contributed by atoms with Gasteiger partial charge in [-0.2, -0.15) is 0 Å². The summed E-state index contributed by atoms with van der Waals surface area (Å²) in [5.41, 5.74) is 1.83. The maximum absolute atomic E-state index is 12.2. The fraction of sp³-hybridized carbons (Fsp3) is 0.400. The first kappa shape index (κ1) is 11.1. The summed E-state index contributed by atoms with van der Waals surface area (Å²) < 4.78 is 0. The number of rotatable bonds is 5. The van der Waals surface area contributed by atoms with E-state index in [1.54, 1.807) is 0 Å². The molecule has 1 aliphatic rings. The summed E-state index contributed by atoms with van der Waals surface area (Å²) in [7, 11) is 0. The third-order valence-corrected chi connectivity index (χ3v) is 2.91. The molecule has 1 aromatic carbocycles. The number of hydrogen-bond acceptors (Lipinski definition) is 1. The maximum Gasteiger partial charge on any atom is 0.188 e. The van der Waals surface area contributed by atoms with Crippen molar-refractivity contribution in [3.05, 3.63) is 47.5 Å². The molecule has 0 amide bonds. The van der Waals surface area contributed by atoms with E-state index in [2.05, 4.69) is 13.0 Å². The fourth-order valence-electron chi connectivity index (χ4n) is 1.86. The number of carbonyl (C=O) groups is 1. The van der Waals surface area contributed by atoms with Crippen molar-refractivity contribution in [2.45, 2.75) is 32.6 Å². The van der Waals surface area contributed by atoms with Gasteiger partial charge in [0.2, 0.25) is 0 Å². The van der Waals surface area contributed by atoms with Crippen LogP contribution in [0.1, 0.15) is 43.0 Å². The lowest BCUT2D eigenvalue weighted by Crippen LogP contribution is -2.03. The van der Waals surface area contributed by atoms with Crippen LogP contribution in [0.5, 0.6) is 0 Å². The zero-order chi connectivity index (χ0) is 11.4. The van der Waals surface area contributed by atoms with Crippen molar-refractivity contribution < 1.29 is 4.79 Å². The SMILES string of the molecule is CCC/C(=C\C1CC1)C(=O)c1ccccc1. The van der Waals surface area contributed by atoms with Crippen LogP contribution < -0.4 is 0 Å².